The number of hydrogen-bond donors (Lipinski definition) is 1. The molecule has 0 spiro atoms. The van der Waals surface area contributed by atoms with Gasteiger partial charge >= 0.3 is 5.97 Å². The van der Waals surface area contributed by atoms with E-state index in [4.69, 9.17) is 14.5 Å². The van der Waals surface area contributed by atoms with E-state index in [2.05, 4.69) is 0 Å². The molecule has 1 aromatic rings. The quantitative estimate of drug-likeness (QED) is 0.401. The van der Waals surface area contributed by atoms with E-state index in [0.29, 0.717) is 49.3 Å². The largest absolute Gasteiger partial charge is 0.497 e. The molecule has 13 heteroatoms. The van der Waals surface area contributed by atoms with Gasteiger partial charge in [-0.15, -0.1) is 11.8 Å². The summed E-state index contributed by atoms with van der Waals surface area (Å²) >= 11 is 1.58. The van der Waals surface area contributed by atoms with Gasteiger partial charge in [-0.1, -0.05) is 52.8 Å². The van der Waals surface area contributed by atoms with Crippen LogP contribution in [-0.4, -0.2) is 124 Å². The first-order chi connectivity index (χ1) is 26.2. The number of carbonyl (C=O) groups is 5. The molecule has 4 rings (SSSR count). The average Bonchev–Trinajstić information content (AvgIpc) is 3.85. The number of Topliss-reactive ketones (excluding diaryl/α,β-unsaturated/α-hetero) is 1. The minimum Gasteiger partial charge on any atom is -0.497 e. The molecule has 1 N–H and O–H groups in total. The highest BCUT2D eigenvalue weighted by molar-refractivity contribution is 8.14. The van der Waals surface area contributed by atoms with Crippen LogP contribution in [0.25, 0.3) is 0 Å². The van der Waals surface area contributed by atoms with Crippen molar-refractivity contribution in [3.8, 4) is 5.75 Å². The second-order valence-corrected chi connectivity index (χ2v) is 18.3. The van der Waals surface area contributed by atoms with Crippen LogP contribution in [0.2, 0.25) is 0 Å². The van der Waals surface area contributed by atoms with Gasteiger partial charge in [0.05, 0.1) is 24.3 Å². The predicted octanol–water partition coefficient (Wildman–Crippen LogP) is 5.34. The fourth-order valence-electron chi connectivity index (χ4n) is 7.65. The van der Waals surface area contributed by atoms with Crippen LogP contribution in [0.4, 0.5) is 0 Å². The number of methoxy groups -OCH3 is 1. The Morgan fingerprint density at radius 2 is 1.55 bits per heavy atom. The van der Waals surface area contributed by atoms with Crippen LogP contribution in [0.1, 0.15) is 93.1 Å². The number of ketones is 1. The number of aliphatic hydroxyl groups is 1. The molecule has 56 heavy (non-hydrogen) atoms. The normalized spacial score (nSPS) is 32.2. The van der Waals surface area contributed by atoms with Crippen molar-refractivity contribution in [1.82, 2.24) is 14.7 Å². The number of thioether (sulfide) groups is 1. The maximum Gasteiger partial charge on any atom is 0.329 e. The summed E-state index contributed by atoms with van der Waals surface area (Å²) in [7, 11) is 4.65. The zero-order valence-electron chi connectivity index (χ0n) is 35.2. The molecular formula is C43H64N4O8S. The number of rotatable bonds is 3. The number of nitrogens with zero attached hydrogens (tertiary/aromatic N) is 4. The third kappa shape index (κ3) is 11.0. The summed E-state index contributed by atoms with van der Waals surface area (Å²) in [6.45, 7) is 15.4. The number of cyclic esters (lactones) is 1. The molecule has 0 aliphatic carbocycles. The van der Waals surface area contributed by atoms with Crippen LogP contribution in [-0.2, 0) is 35.1 Å². The van der Waals surface area contributed by atoms with Crippen LogP contribution < -0.4 is 4.74 Å². The summed E-state index contributed by atoms with van der Waals surface area (Å²) in [5.41, 5.74) is 0.940. The number of hydrogen-bond acceptors (Lipinski definition) is 10. The van der Waals surface area contributed by atoms with Gasteiger partial charge in [-0.2, -0.15) is 0 Å². The first kappa shape index (κ1) is 45.0. The van der Waals surface area contributed by atoms with Crippen LogP contribution >= 0.6 is 11.8 Å². The second kappa shape index (κ2) is 19.2. The summed E-state index contributed by atoms with van der Waals surface area (Å²) in [5.74, 6) is -1.53. The average molecular weight is 797 g/mol. The Bertz CT molecular complexity index is 1660. The van der Waals surface area contributed by atoms with E-state index in [1.165, 1.54) is 21.7 Å². The van der Waals surface area contributed by atoms with E-state index < -0.39 is 53.5 Å². The van der Waals surface area contributed by atoms with E-state index in [1.54, 1.807) is 58.8 Å². The standard InChI is InChI=1S/C43H64N4O8S/c1-25-19-36(49)27(3)38-44-32(24-56-38)21-26(2)35(48)23-31(22-30-14-16-33(54-11)17-15-30)41(52)46(10)28(4)39(50)45(9)29(5)40(51)47-18-12-13-34(47)42(53)55-37(20-25)43(6,7)8/h14-17,21,25,27-29,31-32,34,36-37,49H,12-13,18-20,22-24H2,1-11H3/b26-21+/t25-,27+,28-,29-,31+,32-,34-,36-,37-/m0/s1. The van der Waals surface area contributed by atoms with E-state index in [-0.39, 0.29) is 48.3 Å². The van der Waals surface area contributed by atoms with Crippen LogP contribution in [0.3, 0.4) is 0 Å². The second-order valence-electron chi connectivity index (χ2n) is 17.2. The van der Waals surface area contributed by atoms with Gasteiger partial charge in [0, 0.05) is 44.6 Å². The molecule has 1 saturated heterocycles. The lowest BCUT2D eigenvalue weighted by atomic mass is 9.81. The van der Waals surface area contributed by atoms with Crippen molar-refractivity contribution in [2.24, 2.45) is 28.2 Å². The van der Waals surface area contributed by atoms with Crippen molar-refractivity contribution in [3.05, 3.63) is 41.5 Å². The van der Waals surface area contributed by atoms with Crippen molar-refractivity contribution < 1.29 is 38.6 Å². The van der Waals surface area contributed by atoms with E-state index in [1.807, 2.05) is 52.8 Å². The molecule has 3 amide bonds. The zero-order valence-corrected chi connectivity index (χ0v) is 36.1. The van der Waals surface area contributed by atoms with Gasteiger partial charge in [0.25, 0.3) is 0 Å². The van der Waals surface area contributed by atoms with Crippen molar-refractivity contribution in [3.63, 3.8) is 0 Å². The third-order valence-corrected chi connectivity index (χ3v) is 13.1. The summed E-state index contributed by atoms with van der Waals surface area (Å²) in [6, 6.07) is 4.42. The van der Waals surface area contributed by atoms with Gasteiger partial charge in [0.1, 0.15) is 30.0 Å². The van der Waals surface area contributed by atoms with Crippen LogP contribution in [0.5, 0.6) is 5.75 Å². The lowest BCUT2D eigenvalue weighted by molar-refractivity contribution is -0.165. The molecule has 310 valence electrons. The molecule has 3 heterocycles. The molecule has 0 saturated carbocycles. The van der Waals surface area contributed by atoms with E-state index in [0.717, 1.165) is 10.6 Å². The molecule has 0 radical (unpaired) electrons. The molecular weight excluding hydrogens is 733 g/mol. The molecule has 3 aliphatic heterocycles. The minimum absolute atomic E-state index is 0.0104. The van der Waals surface area contributed by atoms with Gasteiger partial charge in [-0.25, -0.2) is 4.79 Å². The maximum absolute atomic E-state index is 14.3. The fraction of sp³-hybridized carbons (Fsp3) is 0.674. The number of ether oxygens (including phenoxy) is 2. The maximum atomic E-state index is 14.3. The summed E-state index contributed by atoms with van der Waals surface area (Å²) in [6.07, 6.45) is 2.97. The van der Waals surface area contributed by atoms with Gasteiger partial charge < -0.3 is 29.3 Å². The van der Waals surface area contributed by atoms with Gasteiger partial charge in [-0.05, 0) is 87.5 Å². The van der Waals surface area contributed by atoms with Gasteiger partial charge in [-0.3, -0.25) is 24.2 Å². The molecule has 0 aromatic heterocycles. The van der Waals surface area contributed by atoms with Crippen molar-refractivity contribution in [2.45, 2.75) is 130 Å². The number of amides is 3. The third-order valence-electron chi connectivity index (χ3n) is 11.8. The highest BCUT2D eigenvalue weighted by Crippen LogP contribution is 2.34. The summed E-state index contributed by atoms with van der Waals surface area (Å²) in [4.78, 5) is 78.9. The van der Waals surface area contributed by atoms with Crippen molar-refractivity contribution in [1.29, 1.82) is 0 Å². The van der Waals surface area contributed by atoms with Crippen LogP contribution in [0, 0.1) is 23.2 Å². The number of allylic oxidation sites excluding steroid dienone is 1. The number of carbonyl (C=O) groups excluding carboxylic acids is 5. The minimum atomic E-state index is -0.947. The predicted molar refractivity (Wildman–Crippen MR) is 219 cm³/mol. The number of esters is 1. The van der Waals surface area contributed by atoms with Crippen LogP contribution in [0.15, 0.2) is 40.9 Å². The first-order valence-corrected chi connectivity index (χ1v) is 21.0. The highest BCUT2D eigenvalue weighted by atomic mass is 32.2. The highest BCUT2D eigenvalue weighted by Gasteiger charge is 2.42. The first-order valence-electron chi connectivity index (χ1n) is 20.0. The summed E-state index contributed by atoms with van der Waals surface area (Å²) < 4.78 is 11.5. The lowest BCUT2D eigenvalue weighted by Gasteiger charge is -2.36. The molecule has 1 aromatic carbocycles. The number of fused-ring (bicyclic) bond motifs is 2. The Balaban J connectivity index is 1.68. The number of benzene rings is 1. The van der Waals surface area contributed by atoms with E-state index in [9.17, 15) is 29.1 Å². The van der Waals surface area contributed by atoms with Crippen molar-refractivity contribution in [2.75, 3.05) is 33.5 Å². The van der Waals surface area contributed by atoms with Crippen molar-refractivity contribution >= 4 is 46.3 Å². The summed E-state index contributed by atoms with van der Waals surface area (Å²) in [5, 5.41) is 12.2. The molecule has 2 bridgehead atoms. The zero-order chi connectivity index (χ0) is 41.6. The van der Waals surface area contributed by atoms with E-state index >= 15 is 0 Å². The Hall–Kier alpha value is -3.71. The Morgan fingerprint density at radius 3 is 2.18 bits per heavy atom. The fourth-order valence-corrected chi connectivity index (χ4v) is 8.80. The Morgan fingerprint density at radius 1 is 0.929 bits per heavy atom. The SMILES string of the molecule is COc1ccc(C[C@@H]2CC(=O)/C(C)=C/[C@H]3CSC(=N3)[C@H](C)[C@@H](O)C[C@H](C)C[C@@H](C(C)(C)C)OC(=O)[C@@H]3CCCN3C(=O)[C@H](C)N(C)C(=O)[C@H](C)N(C)C2=O)cc1. The Labute approximate surface area is 337 Å². The number of aliphatic hydroxyl groups excluding tert-OH is 1. The Kier molecular flexibility index (Phi) is 15.4. The number of likely N-dealkylation sites (N-methyl/N-ethyl adjacent to an activating group) is 2. The van der Waals surface area contributed by atoms with Gasteiger partial charge in [0.2, 0.25) is 17.7 Å². The monoisotopic (exact) mass is 796 g/mol. The number of aliphatic imine (C=N–C) groups is 1. The lowest BCUT2D eigenvalue weighted by Crippen LogP contribution is -2.55. The molecule has 0 unspecified atom stereocenters. The smallest absolute Gasteiger partial charge is 0.329 e. The molecule has 1 fully saturated rings. The van der Waals surface area contributed by atoms with Gasteiger partial charge in [0.15, 0.2) is 5.78 Å². The molecule has 9 atom stereocenters. The topological polar surface area (TPSA) is 146 Å². The molecule has 3 aliphatic rings. The molecule has 12 nitrogen and oxygen atoms in total.